The molecule has 0 saturated heterocycles. The summed E-state index contributed by atoms with van der Waals surface area (Å²) in [6, 6.07) is 14.5. The molecule has 2 nitrogen and oxygen atoms in total. The van der Waals surface area contributed by atoms with Crippen molar-refractivity contribution in [3.8, 4) is 0 Å². The van der Waals surface area contributed by atoms with Crippen LogP contribution in [0.5, 0.6) is 0 Å². The molecular formula is C16H19NO. The Kier molecular flexibility index (Phi) is 3.37. The minimum absolute atomic E-state index is 0.0793. The maximum Gasteiger partial charge on any atom is 0.225 e. The van der Waals surface area contributed by atoms with Gasteiger partial charge in [-0.2, -0.15) is 0 Å². The monoisotopic (exact) mass is 241 g/mol. The molecule has 0 saturated carbocycles. The predicted molar refractivity (Wildman–Crippen MR) is 75.2 cm³/mol. The molecule has 0 aliphatic heterocycles. The van der Waals surface area contributed by atoms with Crippen LogP contribution in [-0.4, -0.2) is 5.91 Å². The largest absolute Gasteiger partial charge is 0.352 e. The lowest BCUT2D eigenvalue weighted by Gasteiger charge is -2.17. The zero-order chi connectivity index (χ0) is 13.2. The van der Waals surface area contributed by atoms with E-state index >= 15 is 0 Å². The molecule has 0 aromatic heterocycles. The minimum atomic E-state index is -0.336. The number of hydrogen-bond acceptors (Lipinski definition) is 1. The Balaban J connectivity index is 2.11. The highest BCUT2D eigenvalue weighted by Crippen LogP contribution is 2.16. The molecule has 2 rings (SSSR count). The maximum absolute atomic E-state index is 11.8. The van der Waals surface area contributed by atoms with Crippen LogP contribution in [0.3, 0.4) is 0 Å². The van der Waals surface area contributed by atoms with Crippen LogP contribution in [0.1, 0.15) is 26.3 Å². The van der Waals surface area contributed by atoms with Crippen LogP contribution in [0.25, 0.3) is 10.8 Å². The molecule has 0 fully saturated rings. The van der Waals surface area contributed by atoms with Gasteiger partial charge in [0.25, 0.3) is 0 Å². The van der Waals surface area contributed by atoms with Gasteiger partial charge in [0, 0.05) is 12.0 Å². The van der Waals surface area contributed by atoms with Crippen LogP contribution >= 0.6 is 0 Å². The topological polar surface area (TPSA) is 29.1 Å². The number of carbonyl (C=O) groups excluding carboxylic acids is 1. The fourth-order valence-corrected chi connectivity index (χ4v) is 1.80. The van der Waals surface area contributed by atoms with Crippen LogP contribution in [0.4, 0.5) is 0 Å². The second-order valence-corrected chi connectivity index (χ2v) is 5.61. The van der Waals surface area contributed by atoms with Gasteiger partial charge in [0.15, 0.2) is 0 Å². The average molecular weight is 241 g/mol. The summed E-state index contributed by atoms with van der Waals surface area (Å²) in [4.78, 5) is 11.8. The van der Waals surface area contributed by atoms with Gasteiger partial charge in [-0.25, -0.2) is 0 Å². The molecular weight excluding hydrogens is 222 g/mol. The van der Waals surface area contributed by atoms with Crippen molar-refractivity contribution in [2.24, 2.45) is 5.41 Å². The summed E-state index contributed by atoms with van der Waals surface area (Å²) in [5, 5.41) is 5.40. The quantitative estimate of drug-likeness (QED) is 0.856. The smallest absolute Gasteiger partial charge is 0.225 e. The first-order valence-electron chi connectivity index (χ1n) is 6.23. The molecule has 0 aliphatic carbocycles. The van der Waals surface area contributed by atoms with E-state index in [1.165, 1.54) is 10.8 Å². The molecule has 0 unspecified atom stereocenters. The summed E-state index contributed by atoms with van der Waals surface area (Å²) in [7, 11) is 0. The van der Waals surface area contributed by atoms with E-state index in [0.29, 0.717) is 6.54 Å². The molecule has 2 heteroatoms. The van der Waals surface area contributed by atoms with E-state index in [2.05, 4.69) is 35.6 Å². The number of carbonyl (C=O) groups is 1. The van der Waals surface area contributed by atoms with Gasteiger partial charge in [0.1, 0.15) is 0 Å². The molecule has 1 N–H and O–H groups in total. The van der Waals surface area contributed by atoms with Crippen LogP contribution in [0.15, 0.2) is 42.5 Å². The van der Waals surface area contributed by atoms with E-state index in [0.717, 1.165) is 5.56 Å². The van der Waals surface area contributed by atoms with Crippen LogP contribution in [0.2, 0.25) is 0 Å². The van der Waals surface area contributed by atoms with E-state index < -0.39 is 0 Å². The van der Waals surface area contributed by atoms with Gasteiger partial charge in [0.05, 0.1) is 0 Å². The predicted octanol–water partition coefficient (Wildman–Crippen LogP) is 3.50. The van der Waals surface area contributed by atoms with E-state index in [1.54, 1.807) is 0 Å². The lowest BCUT2D eigenvalue weighted by Crippen LogP contribution is -2.34. The zero-order valence-electron chi connectivity index (χ0n) is 11.2. The van der Waals surface area contributed by atoms with Crippen molar-refractivity contribution in [1.29, 1.82) is 0 Å². The van der Waals surface area contributed by atoms with Crippen molar-refractivity contribution < 1.29 is 4.79 Å². The molecule has 18 heavy (non-hydrogen) atoms. The SMILES string of the molecule is CC(C)(C)C(=O)NCc1ccc2ccccc2c1. The van der Waals surface area contributed by atoms with E-state index in [4.69, 9.17) is 0 Å². The summed E-state index contributed by atoms with van der Waals surface area (Å²) in [6.45, 7) is 6.34. The fraction of sp³-hybridized carbons (Fsp3) is 0.312. The number of benzene rings is 2. The van der Waals surface area contributed by atoms with Gasteiger partial charge < -0.3 is 5.32 Å². The molecule has 0 radical (unpaired) electrons. The molecule has 94 valence electrons. The lowest BCUT2D eigenvalue weighted by atomic mass is 9.95. The second-order valence-electron chi connectivity index (χ2n) is 5.61. The highest BCUT2D eigenvalue weighted by atomic mass is 16.2. The normalized spacial score (nSPS) is 11.5. The summed E-state index contributed by atoms with van der Waals surface area (Å²) >= 11 is 0. The first-order valence-corrected chi connectivity index (χ1v) is 6.23. The third-order valence-corrected chi connectivity index (χ3v) is 2.95. The standard InChI is InChI=1S/C16H19NO/c1-16(2,3)15(18)17-11-12-8-9-13-6-4-5-7-14(13)10-12/h4-10H,11H2,1-3H3,(H,17,18). The van der Waals surface area contributed by atoms with Crippen LogP contribution in [-0.2, 0) is 11.3 Å². The molecule has 2 aromatic rings. The molecule has 2 aromatic carbocycles. The second kappa shape index (κ2) is 4.81. The van der Waals surface area contributed by atoms with Crippen molar-refractivity contribution in [3.63, 3.8) is 0 Å². The van der Waals surface area contributed by atoms with Crippen molar-refractivity contribution in [3.05, 3.63) is 48.0 Å². The van der Waals surface area contributed by atoms with E-state index in [-0.39, 0.29) is 11.3 Å². The van der Waals surface area contributed by atoms with Gasteiger partial charge >= 0.3 is 0 Å². The highest BCUT2D eigenvalue weighted by Gasteiger charge is 2.20. The summed E-state index contributed by atoms with van der Waals surface area (Å²) in [5.41, 5.74) is 0.794. The van der Waals surface area contributed by atoms with Gasteiger partial charge in [-0.3, -0.25) is 4.79 Å². The number of rotatable bonds is 2. The summed E-state index contributed by atoms with van der Waals surface area (Å²) in [5.74, 6) is 0.0793. The van der Waals surface area contributed by atoms with Crippen molar-refractivity contribution in [2.75, 3.05) is 0 Å². The molecule has 0 bridgehead atoms. The fourth-order valence-electron chi connectivity index (χ4n) is 1.80. The van der Waals surface area contributed by atoms with E-state index in [1.807, 2.05) is 32.9 Å². The third-order valence-electron chi connectivity index (χ3n) is 2.95. The van der Waals surface area contributed by atoms with Crippen LogP contribution < -0.4 is 5.32 Å². The van der Waals surface area contributed by atoms with Crippen molar-refractivity contribution in [1.82, 2.24) is 5.32 Å². The lowest BCUT2D eigenvalue weighted by molar-refractivity contribution is -0.128. The Morgan fingerprint density at radius 2 is 1.72 bits per heavy atom. The van der Waals surface area contributed by atoms with E-state index in [9.17, 15) is 4.79 Å². The number of hydrogen-bond donors (Lipinski definition) is 1. The van der Waals surface area contributed by atoms with Gasteiger partial charge in [-0.05, 0) is 22.4 Å². The van der Waals surface area contributed by atoms with Crippen molar-refractivity contribution in [2.45, 2.75) is 27.3 Å². The summed E-state index contributed by atoms with van der Waals surface area (Å²) in [6.07, 6.45) is 0. The molecule has 0 aliphatic rings. The summed E-state index contributed by atoms with van der Waals surface area (Å²) < 4.78 is 0. The number of fused-ring (bicyclic) bond motifs is 1. The first kappa shape index (κ1) is 12.6. The number of nitrogens with one attached hydrogen (secondary N) is 1. The Hall–Kier alpha value is -1.83. The highest BCUT2D eigenvalue weighted by molar-refractivity contribution is 5.83. The number of amides is 1. The Morgan fingerprint density at radius 3 is 2.39 bits per heavy atom. The van der Waals surface area contributed by atoms with Gasteiger partial charge in [-0.1, -0.05) is 57.2 Å². The van der Waals surface area contributed by atoms with Crippen molar-refractivity contribution >= 4 is 16.7 Å². The van der Waals surface area contributed by atoms with Crippen LogP contribution in [0, 0.1) is 5.41 Å². The first-order chi connectivity index (χ1) is 8.47. The molecule has 0 heterocycles. The Bertz CT molecular complexity index is 567. The van der Waals surface area contributed by atoms with Gasteiger partial charge in [-0.15, -0.1) is 0 Å². The zero-order valence-corrected chi connectivity index (χ0v) is 11.2. The van der Waals surface area contributed by atoms with Gasteiger partial charge in [0.2, 0.25) is 5.91 Å². The Labute approximate surface area is 108 Å². The third kappa shape index (κ3) is 2.89. The average Bonchev–Trinajstić information content (AvgIpc) is 2.34. The minimum Gasteiger partial charge on any atom is -0.352 e. The maximum atomic E-state index is 11.8. The molecule has 0 spiro atoms. The molecule has 1 amide bonds. The Morgan fingerprint density at radius 1 is 1.06 bits per heavy atom. The molecule has 0 atom stereocenters.